The van der Waals surface area contributed by atoms with Gasteiger partial charge in [-0.25, -0.2) is 4.98 Å². The minimum atomic E-state index is -0.0180. The van der Waals surface area contributed by atoms with Crippen molar-refractivity contribution in [3.05, 3.63) is 118 Å². The molecule has 43 heavy (non-hydrogen) atoms. The Morgan fingerprint density at radius 2 is 1.19 bits per heavy atom. The Morgan fingerprint density at radius 3 is 1.79 bits per heavy atom. The van der Waals surface area contributed by atoms with Gasteiger partial charge in [0.2, 0.25) is 0 Å². The maximum atomic E-state index is 9.93. The molecule has 0 saturated heterocycles. The van der Waals surface area contributed by atoms with Crippen LogP contribution in [0.5, 0.6) is 5.75 Å². The fourth-order valence-corrected chi connectivity index (χ4v) is 5.63. The van der Waals surface area contributed by atoms with Crippen LogP contribution < -0.4 is 4.74 Å². The maximum Gasteiger partial charge on any atom is 0.128 e. The van der Waals surface area contributed by atoms with Crippen LogP contribution in [0, 0.1) is 11.3 Å². The van der Waals surface area contributed by atoms with E-state index in [9.17, 15) is 5.26 Å². The molecule has 4 aromatic carbocycles. The van der Waals surface area contributed by atoms with Gasteiger partial charge in [-0.2, -0.15) is 5.26 Å². The van der Waals surface area contributed by atoms with Gasteiger partial charge in [0, 0.05) is 21.2 Å². The maximum absolute atomic E-state index is 9.93. The summed E-state index contributed by atoms with van der Waals surface area (Å²) in [5, 5.41) is 9.93. The Kier molecular flexibility index (Phi) is 8.32. The fourth-order valence-electron chi connectivity index (χ4n) is 5.27. The molecule has 1 aromatic heterocycles. The van der Waals surface area contributed by atoms with Crippen molar-refractivity contribution in [3.8, 4) is 56.6 Å². The second-order valence-electron chi connectivity index (χ2n) is 13.0. The summed E-state index contributed by atoms with van der Waals surface area (Å²) in [6.07, 6.45) is 0. The molecular weight excluding hydrogens is 592 g/mol. The zero-order chi connectivity index (χ0) is 30.9. The zero-order valence-electron chi connectivity index (χ0n) is 25.9. The van der Waals surface area contributed by atoms with E-state index >= 15 is 0 Å². The highest BCUT2D eigenvalue weighted by atomic mass is 79.9. The van der Waals surface area contributed by atoms with E-state index in [1.807, 2.05) is 54.6 Å². The van der Waals surface area contributed by atoms with Gasteiger partial charge >= 0.3 is 0 Å². The van der Waals surface area contributed by atoms with E-state index in [2.05, 4.69) is 106 Å². The summed E-state index contributed by atoms with van der Waals surface area (Å²) in [6.45, 7) is 13.6. The molecule has 3 nitrogen and oxygen atoms in total. The number of nitriles is 1. The van der Waals surface area contributed by atoms with Crippen molar-refractivity contribution >= 4 is 15.9 Å². The number of rotatable bonds is 5. The van der Waals surface area contributed by atoms with Gasteiger partial charge in [-0.05, 0) is 81.1 Å². The van der Waals surface area contributed by atoms with Gasteiger partial charge in [0.15, 0.2) is 0 Å². The van der Waals surface area contributed by atoms with E-state index < -0.39 is 0 Å². The van der Waals surface area contributed by atoms with E-state index in [0.29, 0.717) is 5.56 Å². The average Bonchev–Trinajstić information content (AvgIpc) is 2.99. The highest BCUT2D eigenvalue weighted by Gasteiger charge is 2.22. The van der Waals surface area contributed by atoms with Crippen molar-refractivity contribution < 1.29 is 4.74 Å². The molecule has 0 aliphatic rings. The van der Waals surface area contributed by atoms with Gasteiger partial charge in [-0.1, -0.05) is 112 Å². The van der Waals surface area contributed by atoms with Gasteiger partial charge < -0.3 is 4.74 Å². The summed E-state index contributed by atoms with van der Waals surface area (Å²) in [5.41, 5.74) is 10.7. The quantitative estimate of drug-likeness (QED) is 0.194. The highest BCUT2D eigenvalue weighted by Crippen LogP contribution is 2.41. The number of ether oxygens (including phenoxy) is 1. The fraction of sp³-hybridized carbons (Fsp3) is 0.231. The Morgan fingerprint density at radius 1 is 0.628 bits per heavy atom. The van der Waals surface area contributed by atoms with E-state index in [4.69, 9.17) is 9.72 Å². The van der Waals surface area contributed by atoms with Crippen LogP contribution in [0.2, 0.25) is 0 Å². The lowest BCUT2D eigenvalue weighted by atomic mass is 9.79. The largest absolute Gasteiger partial charge is 0.496 e. The lowest BCUT2D eigenvalue weighted by molar-refractivity contribution is 0.416. The van der Waals surface area contributed by atoms with Crippen LogP contribution in [-0.4, -0.2) is 12.1 Å². The molecule has 0 radical (unpaired) electrons. The predicted molar refractivity (Wildman–Crippen MR) is 182 cm³/mol. The summed E-state index contributed by atoms with van der Waals surface area (Å²) in [6, 6.07) is 35.6. The van der Waals surface area contributed by atoms with Crippen molar-refractivity contribution in [1.29, 1.82) is 5.26 Å². The first-order valence-electron chi connectivity index (χ1n) is 14.5. The van der Waals surface area contributed by atoms with Crippen molar-refractivity contribution in [2.24, 2.45) is 0 Å². The third kappa shape index (κ3) is 6.43. The topological polar surface area (TPSA) is 45.9 Å². The second-order valence-corrected chi connectivity index (χ2v) is 13.9. The van der Waals surface area contributed by atoms with Crippen LogP contribution >= 0.6 is 15.9 Å². The third-order valence-electron chi connectivity index (χ3n) is 7.80. The van der Waals surface area contributed by atoms with Gasteiger partial charge in [0.05, 0.1) is 30.1 Å². The molecule has 216 valence electrons. The van der Waals surface area contributed by atoms with E-state index in [1.54, 1.807) is 7.11 Å². The lowest BCUT2D eigenvalue weighted by Crippen LogP contribution is -2.16. The number of benzene rings is 4. The van der Waals surface area contributed by atoms with Crippen LogP contribution in [-0.2, 0) is 10.8 Å². The molecule has 0 atom stereocenters. The number of methoxy groups -OCH3 is 1. The summed E-state index contributed by atoms with van der Waals surface area (Å²) in [5.74, 6) is 0.765. The summed E-state index contributed by atoms with van der Waals surface area (Å²) >= 11 is 3.70. The summed E-state index contributed by atoms with van der Waals surface area (Å²) in [4.78, 5) is 5.25. The van der Waals surface area contributed by atoms with Crippen molar-refractivity contribution in [3.63, 3.8) is 0 Å². The number of halogens is 1. The smallest absolute Gasteiger partial charge is 0.128 e. The normalized spacial score (nSPS) is 11.7. The van der Waals surface area contributed by atoms with E-state index in [0.717, 1.165) is 55.0 Å². The molecule has 0 spiro atoms. The van der Waals surface area contributed by atoms with E-state index in [1.165, 1.54) is 11.1 Å². The molecule has 0 fully saturated rings. The Balaban J connectivity index is 1.85. The molecule has 5 rings (SSSR count). The lowest BCUT2D eigenvalue weighted by Gasteiger charge is -2.26. The molecule has 0 unspecified atom stereocenters. The minimum Gasteiger partial charge on any atom is -0.496 e. The molecule has 0 N–H and O–H groups in total. The Bertz CT molecular complexity index is 1820. The first-order valence-corrected chi connectivity index (χ1v) is 15.3. The minimum absolute atomic E-state index is 0.0180. The summed E-state index contributed by atoms with van der Waals surface area (Å²) < 4.78 is 6.72. The van der Waals surface area contributed by atoms with Crippen LogP contribution in [0.1, 0.15) is 58.2 Å². The third-order valence-corrected chi connectivity index (χ3v) is 8.30. The van der Waals surface area contributed by atoms with Crippen LogP contribution in [0.15, 0.2) is 102 Å². The van der Waals surface area contributed by atoms with Gasteiger partial charge in [0.25, 0.3) is 0 Å². The molecular formula is C39H37BrN2O. The van der Waals surface area contributed by atoms with E-state index in [-0.39, 0.29) is 10.8 Å². The van der Waals surface area contributed by atoms with Gasteiger partial charge in [-0.15, -0.1) is 0 Å². The SMILES string of the molecule is COc1ccccc1-c1cc(-c2cc(C(C)(C)C)cc(C(C)(C)C)c2)cc(-c2cc(Br)ccc2-c2ccccc2C#N)n1. The zero-order valence-corrected chi connectivity index (χ0v) is 27.5. The number of nitrogens with zero attached hydrogens (tertiary/aromatic N) is 2. The second kappa shape index (κ2) is 11.8. The molecule has 0 bridgehead atoms. The molecule has 5 aromatic rings. The molecule has 0 aliphatic carbocycles. The van der Waals surface area contributed by atoms with Gasteiger partial charge in [0.1, 0.15) is 5.75 Å². The number of aromatic nitrogens is 1. The molecule has 4 heteroatoms. The predicted octanol–water partition coefficient (Wildman–Crippen LogP) is 11.0. The van der Waals surface area contributed by atoms with Gasteiger partial charge in [-0.3, -0.25) is 0 Å². The number of hydrogen-bond donors (Lipinski definition) is 0. The van der Waals surface area contributed by atoms with Crippen molar-refractivity contribution in [2.45, 2.75) is 52.4 Å². The summed E-state index contributed by atoms with van der Waals surface area (Å²) in [7, 11) is 1.69. The van der Waals surface area contributed by atoms with Crippen molar-refractivity contribution in [2.75, 3.05) is 7.11 Å². The standard InChI is InChI=1S/C39H37BrN2O/c1-38(2,3)28-18-26(19-29(22-28)39(4,5)6)27-20-35(33-14-10-11-15-37(33)43-7)42-36(21-27)34-23-30(40)16-17-32(34)31-13-9-8-12-25(31)24-41/h8-23H,1-7H3. The highest BCUT2D eigenvalue weighted by molar-refractivity contribution is 9.10. The first-order chi connectivity index (χ1) is 20.4. The first kappa shape index (κ1) is 30.3. The van der Waals surface area contributed by atoms with Crippen LogP contribution in [0.4, 0.5) is 0 Å². The van der Waals surface area contributed by atoms with Crippen LogP contribution in [0.3, 0.4) is 0 Å². The molecule has 0 aliphatic heterocycles. The Labute approximate surface area is 264 Å². The number of pyridine rings is 1. The molecule has 1 heterocycles. The van der Waals surface area contributed by atoms with Crippen LogP contribution in [0.25, 0.3) is 44.8 Å². The number of para-hydroxylation sites is 1. The number of hydrogen-bond acceptors (Lipinski definition) is 3. The van der Waals surface area contributed by atoms with Crippen molar-refractivity contribution in [1.82, 2.24) is 4.98 Å². The monoisotopic (exact) mass is 628 g/mol. The molecule has 0 amide bonds. The Hall–Kier alpha value is -4.20. The average molecular weight is 630 g/mol. The molecule has 0 saturated carbocycles.